The van der Waals surface area contributed by atoms with Crippen molar-refractivity contribution in [2.24, 2.45) is 5.14 Å². The van der Waals surface area contributed by atoms with Crippen molar-refractivity contribution in [1.82, 2.24) is 0 Å². The van der Waals surface area contributed by atoms with Crippen LogP contribution in [0.5, 0.6) is 0 Å². The van der Waals surface area contributed by atoms with Gasteiger partial charge in [-0.3, -0.25) is 4.79 Å². The third-order valence-corrected chi connectivity index (χ3v) is 5.32. The molecule has 0 aliphatic carbocycles. The van der Waals surface area contributed by atoms with Crippen LogP contribution in [0.2, 0.25) is 0 Å². The molecule has 0 fully saturated rings. The van der Waals surface area contributed by atoms with E-state index in [2.05, 4.69) is 5.32 Å². The predicted molar refractivity (Wildman–Crippen MR) is 90.1 cm³/mol. The van der Waals surface area contributed by atoms with Gasteiger partial charge in [-0.05, 0) is 42.8 Å². The Kier molecular flexibility index (Phi) is 4.79. The first-order valence-electron chi connectivity index (χ1n) is 6.73. The lowest BCUT2D eigenvalue weighted by molar-refractivity contribution is 0.102. The standard InChI is InChI=1S/C15H16N2O5S2/c1-10-6-7-12(23(2,19)20)9-14(10)15(18)17-11-4-3-5-13(8-11)24(16,21)22/h3-9H,1-2H3,(H,17,18)(H2,16,21,22). The van der Waals surface area contributed by atoms with Crippen LogP contribution < -0.4 is 10.5 Å². The van der Waals surface area contributed by atoms with E-state index in [9.17, 15) is 21.6 Å². The second kappa shape index (κ2) is 6.34. The average Bonchev–Trinajstić information content (AvgIpc) is 2.45. The quantitative estimate of drug-likeness (QED) is 0.842. The molecular formula is C15H16N2O5S2. The fourth-order valence-corrected chi connectivity index (χ4v) is 3.23. The zero-order valence-electron chi connectivity index (χ0n) is 13.0. The molecule has 0 aliphatic rings. The number of carbonyl (C=O) groups excluding carboxylic acids is 1. The highest BCUT2D eigenvalue weighted by Gasteiger charge is 2.15. The number of nitrogens with one attached hydrogen (secondary N) is 1. The van der Waals surface area contributed by atoms with Crippen LogP contribution in [-0.2, 0) is 19.9 Å². The maximum absolute atomic E-state index is 12.4. The van der Waals surface area contributed by atoms with Gasteiger partial charge in [0.25, 0.3) is 5.91 Å². The van der Waals surface area contributed by atoms with Gasteiger partial charge in [-0.25, -0.2) is 22.0 Å². The molecule has 2 aromatic rings. The van der Waals surface area contributed by atoms with Gasteiger partial charge in [0, 0.05) is 17.5 Å². The molecule has 0 saturated heterocycles. The highest BCUT2D eigenvalue weighted by atomic mass is 32.2. The molecule has 1 amide bonds. The molecule has 0 aromatic heterocycles. The summed E-state index contributed by atoms with van der Waals surface area (Å²) in [6, 6.07) is 9.71. The molecule has 0 aliphatic heterocycles. The van der Waals surface area contributed by atoms with E-state index >= 15 is 0 Å². The molecule has 0 bridgehead atoms. The van der Waals surface area contributed by atoms with E-state index in [4.69, 9.17) is 5.14 Å². The van der Waals surface area contributed by atoms with Gasteiger partial charge in [0.2, 0.25) is 10.0 Å². The van der Waals surface area contributed by atoms with Crippen LogP contribution in [0.15, 0.2) is 52.3 Å². The molecule has 2 rings (SSSR count). The number of sulfone groups is 1. The number of anilines is 1. The highest BCUT2D eigenvalue weighted by molar-refractivity contribution is 7.90. The summed E-state index contributed by atoms with van der Waals surface area (Å²) in [4.78, 5) is 12.3. The Morgan fingerprint density at radius 3 is 2.25 bits per heavy atom. The molecule has 0 atom stereocenters. The number of hydrogen-bond acceptors (Lipinski definition) is 5. The first-order valence-corrected chi connectivity index (χ1v) is 10.2. The van der Waals surface area contributed by atoms with Gasteiger partial charge in [-0.1, -0.05) is 12.1 Å². The van der Waals surface area contributed by atoms with E-state index in [0.29, 0.717) is 5.56 Å². The van der Waals surface area contributed by atoms with Gasteiger partial charge >= 0.3 is 0 Å². The summed E-state index contributed by atoms with van der Waals surface area (Å²) in [6.45, 7) is 1.67. The number of sulfonamides is 1. The topological polar surface area (TPSA) is 123 Å². The zero-order chi connectivity index (χ0) is 18.1. The summed E-state index contributed by atoms with van der Waals surface area (Å²) < 4.78 is 45.9. The number of aryl methyl sites for hydroxylation is 1. The summed E-state index contributed by atoms with van der Waals surface area (Å²) in [5.41, 5.74) is 0.997. The van der Waals surface area contributed by atoms with Crippen LogP contribution in [-0.4, -0.2) is 29.0 Å². The minimum atomic E-state index is -3.89. The van der Waals surface area contributed by atoms with E-state index in [1.165, 1.54) is 42.5 Å². The van der Waals surface area contributed by atoms with Crippen molar-refractivity contribution >= 4 is 31.5 Å². The normalized spacial score (nSPS) is 12.0. The monoisotopic (exact) mass is 368 g/mol. The summed E-state index contributed by atoms with van der Waals surface area (Å²) in [5, 5.41) is 7.59. The van der Waals surface area contributed by atoms with Crippen molar-refractivity contribution < 1.29 is 21.6 Å². The Labute approximate surface area is 140 Å². The Bertz CT molecular complexity index is 1010. The number of hydrogen-bond donors (Lipinski definition) is 2. The van der Waals surface area contributed by atoms with Gasteiger partial charge in [-0.15, -0.1) is 0 Å². The van der Waals surface area contributed by atoms with Gasteiger partial charge in [0.1, 0.15) is 0 Å². The third kappa shape index (κ3) is 4.19. The first kappa shape index (κ1) is 18.1. The second-order valence-electron chi connectivity index (χ2n) is 5.28. The van der Waals surface area contributed by atoms with Crippen molar-refractivity contribution in [1.29, 1.82) is 0 Å². The van der Waals surface area contributed by atoms with Crippen LogP contribution in [0.3, 0.4) is 0 Å². The van der Waals surface area contributed by atoms with E-state index in [1.54, 1.807) is 6.92 Å². The Morgan fingerprint density at radius 2 is 1.67 bits per heavy atom. The zero-order valence-corrected chi connectivity index (χ0v) is 14.6. The summed E-state index contributed by atoms with van der Waals surface area (Å²) in [6.07, 6.45) is 1.05. The van der Waals surface area contributed by atoms with Crippen molar-refractivity contribution in [3.63, 3.8) is 0 Å². The maximum Gasteiger partial charge on any atom is 0.255 e. The fourth-order valence-electron chi connectivity index (χ4n) is 2.03. The highest BCUT2D eigenvalue weighted by Crippen LogP contribution is 2.19. The van der Waals surface area contributed by atoms with E-state index in [1.807, 2.05) is 0 Å². The van der Waals surface area contributed by atoms with Crippen molar-refractivity contribution in [2.45, 2.75) is 16.7 Å². The minimum absolute atomic E-state index is 0.0246. The molecule has 0 saturated carbocycles. The molecule has 24 heavy (non-hydrogen) atoms. The maximum atomic E-state index is 12.4. The minimum Gasteiger partial charge on any atom is -0.322 e. The lowest BCUT2D eigenvalue weighted by atomic mass is 10.1. The number of benzene rings is 2. The van der Waals surface area contributed by atoms with Crippen LogP contribution >= 0.6 is 0 Å². The number of carbonyl (C=O) groups is 1. The number of primary sulfonamides is 1. The molecule has 0 heterocycles. The summed E-state index contributed by atoms with van der Waals surface area (Å²) >= 11 is 0. The van der Waals surface area contributed by atoms with E-state index < -0.39 is 25.8 Å². The van der Waals surface area contributed by atoms with Crippen molar-refractivity contribution in [3.8, 4) is 0 Å². The van der Waals surface area contributed by atoms with Gasteiger partial charge < -0.3 is 5.32 Å². The molecule has 128 valence electrons. The summed E-state index contributed by atoms with van der Waals surface area (Å²) in [5.74, 6) is -0.551. The number of nitrogens with two attached hydrogens (primary N) is 1. The van der Waals surface area contributed by atoms with Crippen LogP contribution in [0.4, 0.5) is 5.69 Å². The molecule has 9 heteroatoms. The van der Waals surface area contributed by atoms with Gasteiger partial charge in [0.15, 0.2) is 9.84 Å². The predicted octanol–water partition coefficient (Wildman–Crippen LogP) is 1.30. The van der Waals surface area contributed by atoms with Gasteiger partial charge in [0.05, 0.1) is 9.79 Å². The molecule has 0 radical (unpaired) electrons. The molecule has 0 unspecified atom stereocenters. The van der Waals surface area contributed by atoms with E-state index in [0.717, 1.165) is 6.26 Å². The van der Waals surface area contributed by atoms with Gasteiger partial charge in [-0.2, -0.15) is 0 Å². The third-order valence-electron chi connectivity index (χ3n) is 3.30. The largest absolute Gasteiger partial charge is 0.322 e. The number of rotatable bonds is 4. The lowest BCUT2D eigenvalue weighted by Crippen LogP contribution is -2.16. The van der Waals surface area contributed by atoms with Crippen LogP contribution in [0, 0.1) is 6.92 Å². The summed E-state index contributed by atoms with van der Waals surface area (Å²) in [7, 11) is -7.34. The lowest BCUT2D eigenvalue weighted by Gasteiger charge is -2.10. The molecule has 3 N–H and O–H groups in total. The SMILES string of the molecule is Cc1ccc(S(C)(=O)=O)cc1C(=O)Nc1cccc(S(N)(=O)=O)c1. The number of amides is 1. The van der Waals surface area contributed by atoms with Crippen LogP contribution in [0.25, 0.3) is 0 Å². The second-order valence-corrected chi connectivity index (χ2v) is 8.85. The Hall–Kier alpha value is -2.23. The molecule has 0 spiro atoms. The first-order chi connectivity index (χ1) is 11.0. The Balaban J connectivity index is 2.38. The Morgan fingerprint density at radius 1 is 1.00 bits per heavy atom. The molecular weight excluding hydrogens is 352 g/mol. The van der Waals surface area contributed by atoms with Crippen molar-refractivity contribution in [2.75, 3.05) is 11.6 Å². The molecule has 7 nitrogen and oxygen atoms in total. The fraction of sp³-hybridized carbons (Fsp3) is 0.133. The van der Waals surface area contributed by atoms with Crippen molar-refractivity contribution in [3.05, 3.63) is 53.6 Å². The van der Waals surface area contributed by atoms with Crippen LogP contribution in [0.1, 0.15) is 15.9 Å². The molecule has 2 aromatic carbocycles. The smallest absolute Gasteiger partial charge is 0.255 e. The van der Waals surface area contributed by atoms with E-state index in [-0.39, 0.29) is 21.0 Å². The average molecular weight is 368 g/mol.